The maximum atomic E-state index is 6.18. The standard InChI is InChI=1S/C18H18ClN3S/c1-12-8-9-16(23-12)17-15-7-2-3-10-20-18(15)22(21-17)14-6-4-5-13(19)11-14/h4-6,8-9,11,20H,2-3,7,10H2,1H3. The van der Waals surface area contributed by atoms with E-state index in [1.165, 1.54) is 28.2 Å². The normalized spacial score (nSPS) is 14.2. The van der Waals surface area contributed by atoms with Gasteiger partial charge in [-0.25, -0.2) is 4.68 Å². The highest BCUT2D eigenvalue weighted by molar-refractivity contribution is 7.15. The van der Waals surface area contributed by atoms with Gasteiger partial charge in [0.2, 0.25) is 0 Å². The van der Waals surface area contributed by atoms with Crippen LogP contribution in [0.3, 0.4) is 0 Å². The Labute approximate surface area is 144 Å². The zero-order valence-corrected chi connectivity index (χ0v) is 14.5. The van der Waals surface area contributed by atoms with E-state index in [1.54, 1.807) is 11.3 Å². The van der Waals surface area contributed by atoms with Gasteiger partial charge in [-0.2, -0.15) is 5.10 Å². The summed E-state index contributed by atoms with van der Waals surface area (Å²) in [5.41, 5.74) is 3.43. The molecule has 0 amide bonds. The van der Waals surface area contributed by atoms with Crippen LogP contribution in [0, 0.1) is 6.92 Å². The average Bonchev–Trinajstić information content (AvgIpc) is 3.03. The lowest BCUT2D eigenvalue weighted by atomic mass is 10.1. The molecule has 2 aromatic heterocycles. The summed E-state index contributed by atoms with van der Waals surface area (Å²) in [5.74, 6) is 1.12. The van der Waals surface area contributed by atoms with Gasteiger partial charge >= 0.3 is 0 Å². The molecule has 5 heteroatoms. The summed E-state index contributed by atoms with van der Waals surface area (Å²) in [6.45, 7) is 3.13. The number of hydrogen-bond acceptors (Lipinski definition) is 3. The van der Waals surface area contributed by atoms with E-state index in [0.717, 1.165) is 35.2 Å². The second-order valence-electron chi connectivity index (χ2n) is 5.86. The van der Waals surface area contributed by atoms with E-state index in [0.29, 0.717) is 0 Å². The number of benzene rings is 1. The van der Waals surface area contributed by atoms with Crippen LogP contribution in [-0.2, 0) is 6.42 Å². The van der Waals surface area contributed by atoms with Crippen LogP contribution in [-0.4, -0.2) is 16.3 Å². The fourth-order valence-electron chi connectivity index (χ4n) is 3.06. The Bertz CT molecular complexity index is 850. The summed E-state index contributed by atoms with van der Waals surface area (Å²) in [6.07, 6.45) is 3.45. The number of nitrogens with zero attached hydrogens (tertiary/aromatic N) is 2. The number of rotatable bonds is 2. The zero-order valence-electron chi connectivity index (χ0n) is 13.0. The molecule has 3 heterocycles. The molecule has 0 radical (unpaired) electrons. The minimum absolute atomic E-state index is 0.730. The number of fused-ring (bicyclic) bond motifs is 1. The van der Waals surface area contributed by atoms with Gasteiger partial charge in [-0.15, -0.1) is 11.3 Å². The first-order valence-corrected chi connectivity index (χ1v) is 9.10. The topological polar surface area (TPSA) is 29.9 Å². The first-order chi connectivity index (χ1) is 11.2. The number of thiophene rings is 1. The summed E-state index contributed by atoms with van der Waals surface area (Å²) in [6, 6.07) is 12.2. The first-order valence-electron chi connectivity index (χ1n) is 7.91. The second-order valence-corrected chi connectivity index (χ2v) is 7.59. The molecular weight excluding hydrogens is 326 g/mol. The molecule has 3 nitrogen and oxygen atoms in total. The van der Waals surface area contributed by atoms with Crippen molar-refractivity contribution in [1.82, 2.24) is 9.78 Å². The Morgan fingerprint density at radius 2 is 2.13 bits per heavy atom. The van der Waals surface area contributed by atoms with Gasteiger partial charge in [0.25, 0.3) is 0 Å². The number of nitrogens with one attached hydrogen (secondary N) is 1. The van der Waals surface area contributed by atoms with E-state index in [9.17, 15) is 0 Å². The Kier molecular flexibility index (Phi) is 3.87. The molecule has 0 atom stereocenters. The van der Waals surface area contributed by atoms with Gasteiger partial charge in [0, 0.05) is 22.0 Å². The van der Waals surface area contributed by atoms with Gasteiger partial charge in [0.05, 0.1) is 10.6 Å². The molecule has 0 spiro atoms. The van der Waals surface area contributed by atoms with E-state index < -0.39 is 0 Å². The SMILES string of the molecule is Cc1ccc(-c2nn(-c3cccc(Cl)c3)c3c2CCCCN3)s1. The molecular formula is C18H18ClN3S. The van der Waals surface area contributed by atoms with Crippen LogP contribution in [0.4, 0.5) is 5.82 Å². The van der Waals surface area contributed by atoms with Crippen molar-refractivity contribution in [2.45, 2.75) is 26.2 Å². The number of aryl methyl sites for hydroxylation is 1. The Morgan fingerprint density at radius 1 is 1.22 bits per heavy atom. The molecule has 0 saturated carbocycles. The van der Waals surface area contributed by atoms with E-state index >= 15 is 0 Å². The van der Waals surface area contributed by atoms with Crippen LogP contribution in [0.1, 0.15) is 23.3 Å². The predicted octanol–water partition coefficient (Wildman–Crippen LogP) is 5.31. The molecule has 118 valence electrons. The van der Waals surface area contributed by atoms with Crippen LogP contribution in [0.25, 0.3) is 16.3 Å². The van der Waals surface area contributed by atoms with Gasteiger partial charge in [-0.1, -0.05) is 17.7 Å². The first kappa shape index (κ1) is 14.8. The van der Waals surface area contributed by atoms with Crippen molar-refractivity contribution in [3.63, 3.8) is 0 Å². The van der Waals surface area contributed by atoms with Crippen molar-refractivity contribution in [2.24, 2.45) is 0 Å². The van der Waals surface area contributed by atoms with Crippen molar-refractivity contribution >= 4 is 28.8 Å². The molecule has 3 aromatic rings. The van der Waals surface area contributed by atoms with Crippen molar-refractivity contribution < 1.29 is 0 Å². The Hall–Kier alpha value is -1.78. The quantitative estimate of drug-likeness (QED) is 0.683. The highest BCUT2D eigenvalue weighted by Crippen LogP contribution is 2.37. The van der Waals surface area contributed by atoms with Gasteiger partial charge in [-0.05, 0) is 56.5 Å². The number of aromatic nitrogens is 2. The largest absolute Gasteiger partial charge is 0.370 e. The zero-order chi connectivity index (χ0) is 15.8. The van der Waals surface area contributed by atoms with Gasteiger partial charge in [-0.3, -0.25) is 0 Å². The fourth-order valence-corrected chi connectivity index (χ4v) is 4.12. The molecule has 0 bridgehead atoms. The molecule has 1 N–H and O–H groups in total. The fraction of sp³-hybridized carbons (Fsp3) is 0.278. The molecule has 1 aliphatic rings. The van der Waals surface area contributed by atoms with Gasteiger partial charge in [0.1, 0.15) is 11.5 Å². The summed E-state index contributed by atoms with van der Waals surface area (Å²) in [5, 5.41) is 9.24. The predicted molar refractivity (Wildman–Crippen MR) is 98.1 cm³/mol. The maximum absolute atomic E-state index is 6.18. The summed E-state index contributed by atoms with van der Waals surface area (Å²) in [4.78, 5) is 2.55. The van der Waals surface area contributed by atoms with E-state index in [2.05, 4.69) is 30.4 Å². The molecule has 1 aliphatic heterocycles. The van der Waals surface area contributed by atoms with Gasteiger partial charge < -0.3 is 5.32 Å². The minimum atomic E-state index is 0.730. The molecule has 0 aliphatic carbocycles. The highest BCUT2D eigenvalue weighted by Gasteiger charge is 2.22. The van der Waals surface area contributed by atoms with Crippen LogP contribution in [0.2, 0.25) is 5.02 Å². The molecule has 4 rings (SSSR count). The van der Waals surface area contributed by atoms with Crippen LogP contribution in [0.15, 0.2) is 36.4 Å². The minimum Gasteiger partial charge on any atom is -0.370 e. The smallest absolute Gasteiger partial charge is 0.133 e. The van der Waals surface area contributed by atoms with E-state index in [-0.39, 0.29) is 0 Å². The third-order valence-corrected chi connectivity index (χ3v) is 5.40. The molecule has 0 saturated heterocycles. The lowest BCUT2D eigenvalue weighted by Crippen LogP contribution is -2.07. The number of halogens is 1. The highest BCUT2D eigenvalue weighted by atomic mass is 35.5. The lowest BCUT2D eigenvalue weighted by Gasteiger charge is -2.09. The van der Waals surface area contributed by atoms with E-state index in [4.69, 9.17) is 16.7 Å². The lowest BCUT2D eigenvalue weighted by molar-refractivity contribution is 0.780. The Morgan fingerprint density at radius 3 is 2.91 bits per heavy atom. The Balaban J connectivity index is 1.91. The van der Waals surface area contributed by atoms with Crippen molar-refractivity contribution in [3.05, 3.63) is 51.9 Å². The maximum Gasteiger partial charge on any atom is 0.133 e. The van der Waals surface area contributed by atoms with Crippen LogP contribution < -0.4 is 5.32 Å². The average molecular weight is 344 g/mol. The molecule has 0 fully saturated rings. The number of anilines is 1. The summed E-state index contributed by atoms with van der Waals surface area (Å²) < 4.78 is 2.01. The van der Waals surface area contributed by atoms with Crippen molar-refractivity contribution in [1.29, 1.82) is 0 Å². The summed E-state index contributed by atoms with van der Waals surface area (Å²) in [7, 11) is 0. The third-order valence-electron chi connectivity index (χ3n) is 4.16. The molecule has 1 aromatic carbocycles. The van der Waals surface area contributed by atoms with Crippen molar-refractivity contribution in [2.75, 3.05) is 11.9 Å². The monoisotopic (exact) mass is 343 g/mol. The second kappa shape index (κ2) is 6.02. The van der Waals surface area contributed by atoms with Crippen LogP contribution in [0.5, 0.6) is 0 Å². The van der Waals surface area contributed by atoms with Crippen LogP contribution >= 0.6 is 22.9 Å². The van der Waals surface area contributed by atoms with E-state index in [1.807, 2.05) is 22.9 Å². The summed E-state index contributed by atoms with van der Waals surface area (Å²) >= 11 is 7.98. The van der Waals surface area contributed by atoms with Gasteiger partial charge in [0.15, 0.2) is 0 Å². The third kappa shape index (κ3) is 2.77. The molecule has 23 heavy (non-hydrogen) atoms. The number of hydrogen-bond donors (Lipinski definition) is 1. The van der Waals surface area contributed by atoms with Crippen molar-refractivity contribution in [3.8, 4) is 16.3 Å². The molecule has 0 unspecified atom stereocenters.